The van der Waals surface area contributed by atoms with Gasteiger partial charge in [-0.05, 0) is 29.8 Å². The average molecular weight is 262 g/mol. The van der Waals surface area contributed by atoms with Crippen molar-refractivity contribution in [1.82, 2.24) is 0 Å². The smallest absolute Gasteiger partial charge is 0.228 e. The monoisotopic (exact) mass is 262 g/mol. The first kappa shape index (κ1) is 13.0. The summed E-state index contributed by atoms with van der Waals surface area (Å²) in [6.45, 7) is 0. The van der Waals surface area contributed by atoms with E-state index in [0.29, 0.717) is 11.4 Å². The molecule has 19 heavy (non-hydrogen) atoms. The van der Waals surface area contributed by atoms with Crippen molar-refractivity contribution in [2.45, 2.75) is 6.42 Å². The number of hydrogen-bond donors (Lipinski definition) is 2. The number of amides is 1. The Bertz CT molecular complexity index is 614. The van der Waals surface area contributed by atoms with Crippen molar-refractivity contribution in [3.63, 3.8) is 0 Å². The molecule has 0 radical (unpaired) electrons. The fraction of sp³-hybridized carbons (Fsp3) is 0.0714. The number of nitrogen functional groups attached to an aromatic ring is 1. The first-order chi connectivity index (χ1) is 9.04. The lowest BCUT2D eigenvalue weighted by atomic mass is 10.1. The summed E-state index contributed by atoms with van der Waals surface area (Å²) in [4.78, 5) is 11.7. The zero-order valence-corrected chi connectivity index (χ0v) is 9.99. The Kier molecular flexibility index (Phi) is 3.75. The van der Waals surface area contributed by atoms with Crippen LogP contribution in [0.3, 0.4) is 0 Å². The second-order valence-corrected chi connectivity index (χ2v) is 4.09. The van der Waals surface area contributed by atoms with Gasteiger partial charge in [0.25, 0.3) is 0 Å². The highest BCUT2D eigenvalue weighted by atomic mass is 19.1. The molecule has 2 rings (SSSR count). The van der Waals surface area contributed by atoms with E-state index >= 15 is 0 Å². The molecular weight excluding hydrogens is 250 g/mol. The van der Waals surface area contributed by atoms with Crippen LogP contribution in [0, 0.1) is 11.6 Å². The summed E-state index contributed by atoms with van der Waals surface area (Å²) in [5, 5.41) is 2.59. The van der Waals surface area contributed by atoms with Gasteiger partial charge in [-0.15, -0.1) is 0 Å². The largest absolute Gasteiger partial charge is 0.399 e. The molecule has 3 nitrogen and oxygen atoms in total. The molecule has 3 N–H and O–H groups in total. The predicted molar refractivity (Wildman–Crippen MR) is 69.5 cm³/mol. The molecule has 0 unspecified atom stereocenters. The molecule has 1 amide bonds. The number of hydrogen-bond acceptors (Lipinski definition) is 2. The number of nitrogens with two attached hydrogens (primary N) is 1. The summed E-state index contributed by atoms with van der Waals surface area (Å²) in [5.74, 6) is -1.80. The van der Waals surface area contributed by atoms with Gasteiger partial charge in [0.1, 0.15) is 11.6 Å². The minimum absolute atomic E-state index is 0.141. The van der Waals surface area contributed by atoms with Crippen LogP contribution in [-0.4, -0.2) is 5.91 Å². The molecule has 0 atom stereocenters. The summed E-state index contributed by atoms with van der Waals surface area (Å²) in [7, 11) is 0. The summed E-state index contributed by atoms with van der Waals surface area (Å²) in [5.41, 5.74) is 6.77. The molecule has 0 aliphatic rings. The third-order valence-electron chi connectivity index (χ3n) is 2.54. The average Bonchev–Trinajstić information content (AvgIpc) is 2.33. The fourth-order valence-corrected chi connectivity index (χ4v) is 1.66. The number of carbonyl (C=O) groups is 1. The van der Waals surface area contributed by atoms with Crippen molar-refractivity contribution in [3.8, 4) is 0 Å². The number of nitrogens with one attached hydrogen (secondary N) is 1. The SMILES string of the molecule is Nc1cccc(NC(=O)Cc2ccc(F)cc2F)c1. The van der Waals surface area contributed by atoms with Gasteiger partial charge in [0.2, 0.25) is 5.91 Å². The highest BCUT2D eigenvalue weighted by molar-refractivity contribution is 5.92. The number of rotatable bonds is 3. The van der Waals surface area contributed by atoms with Crippen LogP contribution >= 0.6 is 0 Å². The fourth-order valence-electron chi connectivity index (χ4n) is 1.66. The number of benzene rings is 2. The van der Waals surface area contributed by atoms with Crippen LogP contribution in [0.25, 0.3) is 0 Å². The lowest BCUT2D eigenvalue weighted by Gasteiger charge is -2.06. The van der Waals surface area contributed by atoms with E-state index in [2.05, 4.69) is 5.32 Å². The molecule has 0 aliphatic carbocycles. The van der Waals surface area contributed by atoms with Crippen molar-refractivity contribution in [1.29, 1.82) is 0 Å². The predicted octanol–water partition coefficient (Wildman–Crippen LogP) is 2.73. The Labute approximate surface area is 109 Å². The van der Waals surface area contributed by atoms with Crippen LogP contribution in [0.4, 0.5) is 20.2 Å². The topological polar surface area (TPSA) is 55.1 Å². The molecule has 2 aromatic rings. The Morgan fingerprint density at radius 2 is 1.95 bits per heavy atom. The third kappa shape index (κ3) is 3.51. The van der Waals surface area contributed by atoms with Crippen molar-refractivity contribution < 1.29 is 13.6 Å². The normalized spacial score (nSPS) is 10.2. The Hall–Kier alpha value is -2.43. The summed E-state index contributed by atoms with van der Waals surface area (Å²) in [6.07, 6.45) is -0.166. The second-order valence-electron chi connectivity index (χ2n) is 4.09. The molecule has 0 saturated heterocycles. The highest BCUT2D eigenvalue weighted by Gasteiger charge is 2.09. The minimum atomic E-state index is -0.734. The van der Waals surface area contributed by atoms with Gasteiger partial charge in [-0.1, -0.05) is 12.1 Å². The van der Waals surface area contributed by atoms with Gasteiger partial charge in [-0.3, -0.25) is 4.79 Å². The number of anilines is 2. The lowest BCUT2D eigenvalue weighted by Crippen LogP contribution is -2.15. The molecule has 5 heteroatoms. The van der Waals surface area contributed by atoms with Crippen LogP contribution in [0.2, 0.25) is 0 Å². The van der Waals surface area contributed by atoms with Crippen molar-refractivity contribution in [2.24, 2.45) is 0 Å². The molecule has 0 fully saturated rings. The second kappa shape index (κ2) is 5.48. The molecule has 0 aliphatic heterocycles. The summed E-state index contributed by atoms with van der Waals surface area (Å²) >= 11 is 0. The van der Waals surface area contributed by atoms with Gasteiger partial charge in [0.15, 0.2) is 0 Å². The Balaban J connectivity index is 2.05. The van der Waals surface area contributed by atoms with E-state index in [0.717, 1.165) is 12.1 Å². The standard InChI is InChI=1S/C14H12F2N2O/c15-10-5-4-9(13(16)7-10)6-14(19)18-12-3-1-2-11(17)8-12/h1-5,7-8H,6,17H2,(H,18,19). The van der Waals surface area contributed by atoms with Gasteiger partial charge in [-0.2, -0.15) is 0 Å². The van der Waals surface area contributed by atoms with E-state index in [4.69, 9.17) is 5.73 Å². The molecule has 2 aromatic carbocycles. The van der Waals surface area contributed by atoms with E-state index in [-0.39, 0.29) is 12.0 Å². The maximum absolute atomic E-state index is 13.4. The summed E-state index contributed by atoms with van der Waals surface area (Å²) < 4.78 is 26.1. The zero-order chi connectivity index (χ0) is 13.8. The molecule has 98 valence electrons. The van der Waals surface area contributed by atoms with E-state index in [9.17, 15) is 13.6 Å². The van der Waals surface area contributed by atoms with Crippen molar-refractivity contribution >= 4 is 17.3 Å². The third-order valence-corrected chi connectivity index (χ3v) is 2.54. The molecule has 0 spiro atoms. The molecule has 0 heterocycles. The van der Waals surface area contributed by atoms with Crippen molar-refractivity contribution in [2.75, 3.05) is 11.1 Å². The molecule has 0 bridgehead atoms. The number of halogens is 2. The van der Waals surface area contributed by atoms with Crippen LogP contribution in [0.1, 0.15) is 5.56 Å². The van der Waals surface area contributed by atoms with Crippen molar-refractivity contribution in [3.05, 3.63) is 59.7 Å². The van der Waals surface area contributed by atoms with Gasteiger partial charge < -0.3 is 11.1 Å². The Morgan fingerprint density at radius 1 is 1.16 bits per heavy atom. The van der Waals surface area contributed by atoms with E-state index < -0.39 is 17.5 Å². The van der Waals surface area contributed by atoms with Gasteiger partial charge in [0.05, 0.1) is 6.42 Å². The maximum atomic E-state index is 13.4. The molecule has 0 saturated carbocycles. The van der Waals surface area contributed by atoms with E-state index in [1.807, 2.05) is 0 Å². The van der Waals surface area contributed by atoms with Gasteiger partial charge >= 0.3 is 0 Å². The van der Waals surface area contributed by atoms with Crippen LogP contribution in [0.15, 0.2) is 42.5 Å². The first-order valence-electron chi connectivity index (χ1n) is 5.64. The molecule has 0 aromatic heterocycles. The first-order valence-corrected chi connectivity index (χ1v) is 5.64. The van der Waals surface area contributed by atoms with Gasteiger partial charge in [0, 0.05) is 17.4 Å². The quantitative estimate of drug-likeness (QED) is 0.836. The van der Waals surface area contributed by atoms with Crippen LogP contribution < -0.4 is 11.1 Å². The van der Waals surface area contributed by atoms with Crippen LogP contribution in [-0.2, 0) is 11.2 Å². The zero-order valence-electron chi connectivity index (χ0n) is 9.99. The summed E-state index contributed by atoms with van der Waals surface area (Å²) in [6, 6.07) is 9.78. The van der Waals surface area contributed by atoms with E-state index in [1.54, 1.807) is 24.3 Å². The molecular formula is C14H12F2N2O. The number of carbonyl (C=O) groups excluding carboxylic acids is 1. The highest BCUT2D eigenvalue weighted by Crippen LogP contribution is 2.14. The van der Waals surface area contributed by atoms with E-state index in [1.165, 1.54) is 6.07 Å². The Morgan fingerprint density at radius 3 is 2.63 bits per heavy atom. The maximum Gasteiger partial charge on any atom is 0.228 e. The van der Waals surface area contributed by atoms with Crippen LogP contribution in [0.5, 0.6) is 0 Å². The van der Waals surface area contributed by atoms with Gasteiger partial charge in [-0.25, -0.2) is 8.78 Å². The minimum Gasteiger partial charge on any atom is -0.399 e. The lowest BCUT2D eigenvalue weighted by molar-refractivity contribution is -0.115.